The summed E-state index contributed by atoms with van der Waals surface area (Å²) in [6.07, 6.45) is -1.74. The van der Waals surface area contributed by atoms with Crippen molar-refractivity contribution in [3.05, 3.63) is 16.1 Å². The molecule has 2 aliphatic heterocycles. The molecule has 27 heavy (non-hydrogen) atoms. The molecule has 0 spiro atoms. The van der Waals surface area contributed by atoms with Crippen LogP contribution in [0.5, 0.6) is 0 Å². The molecule has 0 aromatic carbocycles. The van der Waals surface area contributed by atoms with Crippen LogP contribution in [-0.2, 0) is 22.1 Å². The van der Waals surface area contributed by atoms with Gasteiger partial charge in [-0.25, -0.2) is 4.98 Å². The molecule has 0 bridgehead atoms. The Morgan fingerprint density at radius 1 is 1.37 bits per heavy atom. The van der Waals surface area contributed by atoms with Gasteiger partial charge in [0.05, 0.1) is 17.7 Å². The highest BCUT2D eigenvalue weighted by Crippen LogP contribution is 2.30. The standard InChI is InChI=1S/C16H23F3N4O2S.HI/c1-20-15(21-5-4-14-22-13(10-26-14)16(17,18)19)23-6-8-25-12(9-23)11-3-2-7-24-11;/h10-12H,2-9H2,1H3,(H,20,21);1H. The van der Waals surface area contributed by atoms with Crippen molar-refractivity contribution in [2.75, 3.05) is 39.9 Å². The quantitative estimate of drug-likeness (QED) is 0.376. The number of alkyl halides is 3. The topological polar surface area (TPSA) is 59.0 Å². The van der Waals surface area contributed by atoms with Crippen molar-refractivity contribution in [3.8, 4) is 0 Å². The van der Waals surface area contributed by atoms with Crippen molar-refractivity contribution in [1.82, 2.24) is 15.2 Å². The molecule has 0 saturated carbocycles. The number of guanidine groups is 1. The lowest BCUT2D eigenvalue weighted by Gasteiger charge is -2.37. The predicted molar refractivity (Wildman–Crippen MR) is 108 cm³/mol. The molecule has 2 atom stereocenters. The van der Waals surface area contributed by atoms with Gasteiger partial charge in [-0.3, -0.25) is 4.99 Å². The fourth-order valence-electron chi connectivity index (χ4n) is 3.16. The van der Waals surface area contributed by atoms with Gasteiger partial charge in [0.2, 0.25) is 0 Å². The van der Waals surface area contributed by atoms with Crippen molar-refractivity contribution in [2.45, 2.75) is 37.6 Å². The van der Waals surface area contributed by atoms with Crippen molar-refractivity contribution in [2.24, 2.45) is 4.99 Å². The number of aromatic nitrogens is 1. The Morgan fingerprint density at radius 3 is 2.78 bits per heavy atom. The number of thiazole rings is 1. The molecule has 1 N–H and O–H groups in total. The lowest BCUT2D eigenvalue weighted by Crippen LogP contribution is -2.53. The maximum Gasteiger partial charge on any atom is 0.434 e. The first-order valence-electron chi connectivity index (χ1n) is 8.68. The van der Waals surface area contributed by atoms with Gasteiger partial charge in [-0.15, -0.1) is 35.3 Å². The van der Waals surface area contributed by atoms with Gasteiger partial charge in [-0.05, 0) is 12.8 Å². The second-order valence-electron chi connectivity index (χ2n) is 6.25. The molecule has 0 amide bonds. The van der Waals surface area contributed by atoms with E-state index in [-0.39, 0.29) is 36.2 Å². The Labute approximate surface area is 177 Å². The zero-order chi connectivity index (χ0) is 18.6. The molecule has 3 rings (SSSR count). The van der Waals surface area contributed by atoms with Gasteiger partial charge >= 0.3 is 6.18 Å². The summed E-state index contributed by atoms with van der Waals surface area (Å²) in [5.74, 6) is 0.726. The van der Waals surface area contributed by atoms with Crippen molar-refractivity contribution < 1.29 is 22.6 Å². The molecule has 2 saturated heterocycles. The number of hydrogen-bond donors (Lipinski definition) is 1. The fourth-order valence-corrected chi connectivity index (χ4v) is 3.96. The first kappa shape index (κ1) is 22.6. The highest BCUT2D eigenvalue weighted by molar-refractivity contribution is 14.0. The van der Waals surface area contributed by atoms with E-state index in [1.807, 2.05) is 0 Å². The van der Waals surface area contributed by atoms with Crippen LogP contribution in [0.3, 0.4) is 0 Å². The zero-order valence-corrected chi connectivity index (χ0v) is 18.1. The third-order valence-corrected chi connectivity index (χ3v) is 5.36. The van der Waals surface area contributed by atoms with Crippen LogP contribution in [-0.4, -0.2) is 67.9 Å². The van der Waals surface area contributed by atoms with Gasteiger partial charge in [0, 0.05) is 45.1 Å². The Morgan fingerprint density at radius 2 is 2.15 bits per heavy atom. The molecule has 3 heterocycles. The number of ether oxygens (including phenoxy) is 2. The van der Waals surface area contributed by atoms with Crippen LogP contribution in [0.25, 0.3) is 0 Å². The number of hydrogen-bond acceptors (Lipinski definition) is 5. The molecule has 1 aromatic heterocycles. The zero-order valence-electron chi connectivity index (χ0n) is 15.0. The number of halogens is 4. The van der Waals surface area contributed by atoms with Crippen molar-refractivity contribution in [1.29, 1.82) is 0 Å². The second-order valence-corrected chi connectivity index (χ2v) is 7.20. The number of aliphatic imine (C=N–C) groups is 1. The summed E-state index contributed by atoms with van der Waals surface area (Å²) >= 11 is 1.03. The predicted octanol–water partition coefficient (Wildman–Crippen LogP) is 2.78. The minimum atomic E-state index is -4.39. The van der Waals surface area contributed by atoms with Gasteiger partial charge in [-0.1, -0.05) is 0 Å². The molecule has 154 valence electrons. The maximum atomic E-state index is 12.6. The van der Waals surface area contributed by atoms with E-state index in [4.69, 9.17) is 9.47 Å². The molecule has 6 nitrogen and oxygen atoms in total. The monoisotopic (exact) mass is 520 g/mol. The van der Waals surface area contributed by atoms with Crippen LogP contribution in [0.4, 0.5) is 13.2 Å². The summed E-state index contributed by atoms with van der Waals surface area (Å²) in [5, 5.41) is 4.72. The Balaban J connectivity index is 0.00000261. The fraction of sp³-hybridized carbons (Fsp3) is 0.750. The Kier molecular flexibility index (Phi) is 8.56. The summed E-state index contributed by atoms with van der Waals surface area (Å²) in [6.45, 7) is 3.27. The largest absolute Gasteiger partial charge is 0.434 e. The Bertz CT molecular complexity index is 623. The van der Waals surface area contributed by atoms with Gasteiger partial charge in [0.15, 0.2) is 11.7 Å². The lowest BCUT2D eigenvalue weighted by molar-refractivity contribution is -0.140. The molecular weight excluding hydrogens is 496 g/mol. The van der Waals surface area contributed by atoms with E-state index >= 15 is 0 Å². The highest BCUT2D eigenvalue weighted by Gasteiger charge is 2.34. The normalized spacial score (nSPS) is 24.0. The molecular formula is C16H24F3IN4O2S. The van der Waals surface area contributed by atoms with E-state index in [1.165, 1.54) is 0 Å². The van der Waals surface area contributed by atoms with Crippen molar-refractivity contribution in [3.63, 3.8) is 0 Å². The van der Waals surface area contributed by atoms with E-state index in [0.717, 1.165) is 48.7 Å². The number of morpholine rings is 1. The number of nitrogens with one attached hydrogen (secondary N) is 1. The number of nitrogens with zero attached hydrogens (tertiary/aromatic N) is 3. The van der Waals surface area contributed by atoms with Crippen LogP contribution in [0.2, 0.25) is 0 Å². The third-order valence-electron chi connectivity index (χ3n) is 4.45. The average molecular weight is 520 g/mol. The van der Waals surface area contributed by atoms with E-state index in [2.05, 4.69) is 20.2 Å². The third kappa shape index (κ3) is 6.16. The lowest BCUT2D eigenvalue weighted by atomic mass is 10.1. The first-order chi connectivity index (χ1) is 12.5. The second kappa shape index (κ2) is 10.2. The molecule has 2 fully saturated rings. The van der Waals surface area contributed by atoms with E-state index in [1.54, 1.807) is 7.05 Å². The molecule has 1 aromatic rings. The minimum Gasteiger partial charge on any atom is -0.375 e. The molecule has 2 aliphatic rings. The summed E-state index contributed by atoms with van der Waals surface area (Å²) in [6, 6.07) is 0. The highest BCUT2D eigenvalue weighted by atomic mass is 127. The Hall–Kier alpha value is -0.660. The van der Waals surface area contributed by atoms with Gasteiger partial charge in [-0.2, -0.15) is 13.2 Å². The van der Waals surface area contributed by atoms with Crippen molar-refractivity contribution >= 4 is 41.3 Å². The number of rotatable bonds is 4. The summed E-state index contributed by atoms with van der Waals surface area (Å²) in [5.41, 5.74) is -0.825. The summed E-state index contributed by atoms with van der Waals surface area (Å²) in [7, 11) is 1.70. The summed E-state index contributed by atoms with van der Waals surface area (Å²) in [4.78, 5) is 10.0. The molecule has 11 heteroatoms. The van der Waals surface area contributed by atoms with Crippen LogP contribution in [0.15, 0.2) is 10.4 Å². The summed E-state index contributed by atoms with van der Waals surface area (Å²) < 4.78 is 49.3. The smallest absolute Gasteiger partial charge is 0.375 e. The SMILES string of the molecule is CN=C(NCCc1nc(C(F)(F)F)cs1)N1CCOC(C2CCCO2)C1.I. The van der Waals surface area contributed by atoms with Gasteiger partial charge < -0.3 is 19.7 Å². The molecule has 0 radical (unpaired) electrons. The van der Waals surface area contributed by atoms with Crippen LogP contribution >= 0.6 is 35.3 Å². The van der Waals surface area contributed by atoms with Gasteiger partial charge in [0.25, 0.3) is 0 Å². The first-order valence-corrected chi connectivity index (χ1v) is 9.55. The molecule has 0 aliphatic carbocycles. The van der Waals surface area contributed by atoms with E-state index < -0.39 is 11.9 Å². The van der Waals surface area contributed by atoms with Crippen LogP contribution < -0.4 is 5.32 Å². The van der Waals surface area contributed by atoms with E-state index in [9.17, 15) is 13.2 Å². The maximum absolute atomic E-state index is 12.6. The van der Waals surface area contributed by atoms with Crippen LogP contribution in [0.1, 0.15) is 23.5 Å². The van der Waals surface area contributed by atoms with Gasteiger partial charge in [0.1, 0.15) is 6.10 Å². The minimum absolute atomic E-state index is 0. The average Bonchev–Trinajstić information content (AvgIpc) is 3.30. The van der Waals surface area contributed by atoms with E-state index in [0.29, 0.717) is 31.1 Å². The molecule has 2 unspecified atom stereocenters. The van der Waals surface area contributed by atoms with Crippen LogP contribution in [0, 0.1) is 0 Å².